The van der Waals surface area contributed by atoms with Crippen LogP contribution in [0.5, 0.6) is 0 Å². The van der Waals surface area contributed by atoms with Gasteiger partial charge in [-0.15, -0.1) is 5.10 Å². The van der Waals surface area contributed by atoms with Gasteiger partial charge in [-0.2, -0.15) is 5.10 Å². The summed E-state index contributed by atoms with van der Waals surface area (Å²) in [6.45, 7) is 10.1. The Morgan fingerprint density at radius 3 is 2.75 bits per heavy atom. The van der Waals surface area contributed by atoms with Gasteiger partial charge in [0.15, 0.2) is 5.82 Å². The highest BCUT2D eigenvalue weighted by molar-refractivity contribution is 5.38. The summed E-state index contributed by atoms with van der Waals surface area (Å²) in [6, 6.07) is 4.13. The van der Waals surface area contributed by atoms with Gasteiger partial charge in [0.25, 0.3) is 0 Å². The molecule has 2 heterocycles. The molecule has 1 unspecified atom stereocenters. The fourth-order valence-electron chi connectivity index (χ4n) is 2.38. The van der Waals surface area contributed by atoms with E-state index >= 15 is 0 Å². The minimum atomic E-state index is 0.0999. The zero-order chi connectivity index (χ0) is 14.6. The van der Waals surface area contributed by atoms with Crippen LogP contribution in [0.15, 0.2) is 12.1 Å². The number of rotatable bonds is 5. The Balaban J connectivity index is 1.89. The number of ether oxygens (including phenoxy) is 1. The molecular weight excluding hydrogens is 252 g/mol. The summed E-state index contributed by atoms with van der Waals surface area (Å²) >= 11 is 0. The van der Waals surface area contributed by atoms with Crippen LogP contribution < -0.4 is 10.2 Å². The molecule has 1 N–H and O–H groups in total. The Morgan fingerprint density at radius 1 is 1.35 bits per heavy atom. The van der Waals surface area contributed by atoms with E-state index in [1.807, 2.05) is 0 Å². The van der Waals surface area contributed by atoms with Crippen molar-refractivity contribution in [1.82, 2.24) is 15.5 Å². The lowest BCUT2D eigenvalue weighted by atomic mass is 10.1. The molecular formula is C15H26N4O. The molecule has 0 bridgehead atoms. The van der Waals surface area contributed by atoms with E-state index in [9.17, 15) is 0 Å². The van der Waals surface area contributed by atoms with Gasteiger partial charge >= 0.3 is 0 Å². The molecule has 20 heavy (non-hydrogen) atoms. The first kappa shape index (κ1) is 15.2. The minimum Gasteiger partial charge on any atom is -0.384 e. The van der Waals surface area contributed by atoms with Crippen LogP contribution in [-0.2, 0) is 11.3 Å². The van der Waals surface area contributed by atoms with Gasteiger partial charge in [0.05, 0.1) is 12.3 Å². The van der Waals surface area contributed by atoms with Crippen molar-refractivity contribution in [2.24, 2.45) is 5.92 Å². The summed E-state index contributed by atoms with van der Waals surface area (Å²) in [5.74, 6) is 1.59. The molecule has 2 rings (SSSR count). The third kappa shape index (κ3) is 4.42. The second-order valence-electron chi connectivity index (χ2n) is 6.54. The Kier molecular flexibility index (Phi) is 4.94. The van der Waals surface area contributed by atoms with Crippen molar-refractivity contribution in [3.63, 3.8) is 0 Å². The fraction of sp³-hybridized carbons (Fsp3) is 0.733. The van der Waals surface area contributed by atoms with Crippen molar-refractivity contribution in [2.45, 2.75) is 39.3 Å². The largest absolute Gasteiger partial charge is 0.384 e. The van der Waals surface area contributed by atoms with Crippen molar-refractivity contribution in [2.75, 3.05) is 31.7 Å². The van der Waals surface area contributed by atoms with Gasteiger partial charge in [-0.1, -0.05) is 0 Å². The molecule has 1 aliphatic rings. The molecule has 0 radical (unpaired) electrons. The van der Waals surface area contributed by atoms with Crippen molar-refractivity contribution in [3.8, 4) is 0 Å². The van der Waals surface area contributed by atoms with Gasteiger partial charge in [-0.25, -0.2) is 0 Å². The maximum absolute atomic E-state index is 5.22. The molecule has 1 fully saturated rings. The molecule has 5 heteroatoms. The molecule has 1 aromatic rings. The number of hydrogen-bond donors (Lipinski definition) is 1. The van der Waals surface area contributed by atoms with Gasteiger partial charge < -0.3 is 15.0 Å². The summed E-state index contributed by atoms with van der Waals surface area (Å²) in [5, 5.41) is 12.1. The maximum Gasteiger partial charge on any atom is 0.151 e. The van der Waals surface area contributed by atoms with Gasteiger partial charge in [-0.05, 0) is 39.3 Å². The lowest BCUT2D eigenvalue weighted by Crippen LogP contribution is -2.35. The normalized spacial score (nSPS) is 19.6. The van der Waals surface area contributed by atoms with Crippen molar-refractivity contribution in [3.05, 3.63) is 17.8 Å². The van der Waals surface area contributed by atoms with Gasteiger partial charge in [0, 0.05) is 38.2 Å². The molecule has 5 nitrogen and oxygen atoms in total. The predicted molar refractivity (Wildman–Crippen MR) is 80.8 cm³/mol. The highest BCUT2D eigenvalue weighted by atomic mass is 16.5. The van der Waals surface area contributed by atoms with Crippen molar-refractivity contribution in [1.29, 1.82) is 0 Å². The van der Waals surface area contributed by atoms with Crippen molar-refractivity contribution < 1.29 is 4.74 Å². The number of methoxy groups -OCH3 is 1. The number of aromatic nitrogens is 2. The van der Waals surface area contributed by atoms with E-state index in [4.69, 9.17) is 4.74 Å². The molecule has 0 spiro atoms. The summed E-state index contributed by atoms with van der Waals surface area (Å²) in [6.07, 6.45) is 1.17. The highest BCUT2D eigenvalue weighted by Crippen LogP contribution is 2.21. The second kappa shape index (κ2) is 6.50. The van der Waals surface area contributed by atoms with E-state index in [1.165, 1.54) is 6.42 Å². The zero-order valence-corrected chi connectivity index (χ0v) is 13.0. The third-order valence-electron chi connectivity index (χ3n) is 3.52. The summed E-state index contributed by atoms with van der Waals surface area (Å²) in [4.78, 5) is 2.29. The standard InChI is InChI=1S/C15H26N4O/c1-15(2,3)16-9-13-5-6-14(18-17-13)19-8-7-12(10-19)11-20-4/h5-6,12,16H,7-11H2,1-4H3. The average Bonchev–Trinajstić information content (AvgIpc) is 2.85. The van der Waals surface area contributed by atoms with Crippen molar-refractivity contribution >= 4 is 5.82 Å². The number of nitrogens with zero attached hydrogens (tertiary/aromatic N) is 3. The zero-order valence-electron chi connectivity index (χ0n) is 13.0. The lowest BCUT2D eigenvalue weighted by Gasteiger charge is -2.20. The molecule has 1 aliphatic heterocycles. The topological polar surface area (TPSA) is 50.3 Å². The molecule has 0 aromatic carbocycles. The number of anilines is 1. The molecule has 1 saturated heterocycles. The Labute approximate surface area is 121 Å². The molecule has 1 aromatic heterocycles. The second-order valence-corrected chi connectivity index (χ2v) is 6.54. The average molecular weight is 278 g/mol. The van der Waals surface area contributed by atoms with Crippen LogP contribution in [-0.4, -0.2) is 42.5 Å². The Bertz CT molecular complexity index is 413. The Morgan fingerprint density at radius 2 is 2.15 bits per heavy atom. The first-order valence-electron chi connectivity index (χ1n) is 7.29. The lowest BCUT2D eigenvalue weighted by molar-refractivity contribution is 0.161. The van der Waals surface area contributed by atoms with E-state index < -0.39 is 0 Å². The Hall–Kier alpha value is -1.20. The van der Waals surface area contributed by atoms with Gasteiger partial charge in [0.1, 0.15) is 0 Å². The summed E-state index contributed by atoms with van der Waals surface area (Å²) < 4.78 is 5.22. The highest BCUT2D eigenvalue weighted by Gasteiger charge is 2.23. The van der Waals surface area contributed by atoms with Gasteiger partial charge in [-0.3, -0.25) is 0 Å². The third-order valence-corrected chi connectivity index (χ3v) is 3.52. The van der Waals surface area contributed by atoms with Crippen LogP contribution in [0, 0.1) is 5.92 Å². The molecule has 112 valence electrons. The van der Waals surface area contributed by atoms with Crippen LogP contribution in [0.25, 0.3) is 0 Å². The van der Waals surface area contributed by atoms with Crippen LogP contribution in [0.1, 0.15) is 32.9 Å². The van der Waals surface area contributed by atoms with Gasteiger partial charge in [0.2, 0.25) is 0 Å². The number of hydrogen-bond acceptors (Lipinski definition) is 5. The minimum absolute atomic E-state index is 0.0999. The fourth-order valence-corrected chi connectivity index (χ4v) is 2.38. The van der Waals surface area contributed by atoms with Crippen LogP contribution in [0.2, 0.25) is 0 Å². The quantitative estimate of drug-likeness (QED) is 0.890. The van der Waals surface area contributed by atoms with E-state index in [-0.39, 0.29) is 5.54 Å². The van der Waals surface area contributed by atoms with E-state index in [0.717, 1.165) is 37.8 Å². The first-order valence-corrected chi connectivity index (χ1v) is 7.29. The summed E-state index contributed by atoms with van der Waals surface area (Å²) in [5.41, 5.74) is 1.08. The summed E-state index contributed by atoms with van der Waals surface area (Å²) in [7, 11) is 1.76. The smallest absolute Gasteiger partial charge is 0.151 e. The monoisotopic (exact) mass is 278 g/mol. The van der Waals surface area contributed by atoms with E-state index in [2.05, 4.69) is 53.3 Å². The van der Waals surface area contributed by atoms with Crippen LogP contribution in [0.4, 0.5) is 5.82 Å². The van der Waals surface area contributed by atoms with Crippen LogP contribution >= 0.6 is 0 Å². The maximum atomic E-state index is 5.22. The SMILES string of the molecule is COCC1CCN(c2ccc(CNC(C)(C)C)nn2)C1. The molecule has 1 atom stereocenters. The molecule has 0 amide bonds. The number of nitrogens with one attached hydrogen (secondary N) is 1. The van der Waals surface area contributed by atoms with E-state index in [0.29, 0.717) is 5.92 Å². The predicted octanol–water partition coefficient (Wildman–Crippen LogP) is 1.84. The van der Waals surface area contributed by atoms with E-state index in [1.54, 1.807) is 7.11 Å². The first-order chi connectivity index (χ1) is 9.48. The molecule has 0 saturated carbocycles. The van der Waals surface area contributed by atoms with Crippen LogP contribution in [0.3, 0.4) is 0 Å². The molecule has 0 aliphatic carbocycles.